The summed E-state index contributed by atoms with van der Waals surface area (Å²) in [5.41, 5.74) is 8.49. The van der Waals surface area contributed by atoms with Crippen LogP contribution in [0.1, 0.15) is 18.3 Å². The summed E-state index contributed by atoms with van der Waals surface area (Å²) in [7, 11) is 0. The zero-order chi connectivity index (χ0) is 13.4. The molecular weight excluding hydrogens is 240 g/mol. The number of rotatable bonds is 2. The highest BCUT2D eigenvalue weighted by Crippen LogP contribution is 2.20. The third-order valence-electron chi connectivity index (χ3n) is 3.07. The standard InChI is InChI=1S/C13H14N6/c1-3-11-15-12(14)8(2)13(16-11)19-10-7-5-4-6-9(10)17-18-19/h4-7H,3H2,1-2H3,(H2,14,15,16). The number of hydrogen-bond acceptors (Lipinski definition) is 5. The number of fused-ring (bicyclic) bond motifs is 1. The van der Waals surface area contributed by atoms with Crippen LogP contribution in [-0.2, 0) is 6.42 Å². The first-order chi connectivity index (χ1) is 9.20. The van der Waals surface area contributed by atoms with E-state index in [1.54, 1.807) is 4.68 Å². The van der Waals surface area contributed by atoms with Crippen molar-refractivity contribution in [2.45, 2.75) is 20.3 Å². The average molecular weight is 254 g/mol. The van der Waals surface area contributed by atoms with E-state index in [9.17, 15) is 0 Å². The van der Waals surface area contributed by atoms with Crippen LogP contribution in [0.4, 0.5) is 5.82 Å². The lowest BCUT2D eigenvalue weighted by Gasteiger charge is -2.09. The van der Waals surface area contributed by atoms with Gasteiger partial charge in [-0.3, -0.25) is 0 Å². The van der Waals surface area contributed by atoms with Crippen molar-refractivity contribution in [3.63, 3.8) is 0 Å². The van der Waals surface area contributed by atoms with E-state index in [-0.39, 0.29) is 0 Å². The van der Waals surface area contributed by atoms with E-state index < -0.39 is 0 Å². The van der Waals surface area contributed by atoms with Crippen molar-refractivity contribution in [3.05, 3.63) is 35.7 Å². The highest BCUT2D eigenvalue weighted by molar-refractivity contribution is 5.76. The molecule has 3 rings (SSSR count). The molecule has 19 heavy (non-hydrogen) atoms. The van der Waals surface area contributed by atoms with Crippen LogP contribution in [0.15, 0.2) is 24.3 Å². The normalized spacial score (nSPS) is 11.1. The number of aromatic nitrogens is 5. The largest absolute Gasteiger partial charge is 0.383 e. The molecule has 0 bridgehead atoms. The zero-order valence-corrected chi connectivity index (χ0v) is 10.8. The number of nitrogens with zero attached hydrogens (tertiary/aromatic N) is 5. The fourth-order valence-corrected chi connectivity index (χ4v) is 1.96. The average Bonchev–Trinajstić information content (AvgIpc) is 2.85. The second-order valence-electron chi connectivity index (χ2n) is 4.32. The minimum Gasteiger partial charge on any atom is -0.383 e. The van der Waals surface area contributed by atoms with Crippen LogP contribution in [0.3, 0.4) is 0 Å². The maximum atomic E-state index is 5.93. The molecule has 0 radical (unpaired) electrons. The molecule has 0 aliphatic carbocycles. The van der Waals surface area contributed by atoms with Gasteiger partial charge in [0.2, 0.25) is 0 Å². The number of benzene rings is 1. The zero-order valence-electron chi connectivity index (χ0n) is 10.8. The third kappa shape index (κ3) is 1.81. The van der Waals surface area contributed by atoms with Crippen LogP contribution in [0, 0.1) is 6.92 Å². The fourth-order valence-electron chi connectivity index (χ4n) is 1.96. The molecule has 6 heteroatoms. The van der Waals surface area contributed by atoms with E-state index in [2.05, 4.69) is 20.3 Å². The third-order valence-corrected chi connectivity index (χ3v) is 3.07. The van der Waals surface area contributed by atoms with Gasteiger partial charge in [-0.2, -0.15) is 4.68 Å². The SMILES string of the molecule is CCc1nc(N)c(C)c(-n2nnc3ccccc32)n1. The Kier molecular flexibility index (Phi) is 2.63. The fraction of sp³-hybridized carbons (Fsp3) is 0.231. The van der Waals surface area contributed by atoms with Gasteiger partial charge in [0.15, 0.2) is 5.82 Å². The van der Waals surface area contributed by atoms with Gasteiger partial charge >= 0.3 is 0 Å². The number of hydrogen-bond donors (Lipinski definition) is 1. The van der Waals surface area contributed by atoms with Gasteiger partial charge < -0.3 is 5.73 Å². The highest BCUT2D eigenvalue weighted by atomic mass is 15.4. The predicted molar refractivity (Wildman–Crippen MR) is 73.0 cm³/mol. The van der Waals surface area contributed by atoms with E-state index >= 15 is 0 Å². The Morgan fingerprint density at radius 3 is 2.79 bits per heavy atom. The number of anilines is 1. The molecule has 3 aromatic rings. The van der Waals surface area contributed by atoms with Gasteiger partial charge in [-0.15, -0.1) is 5.10 Å². The summed E-state index contributed by atoms with van der Waals surface area (Å²) in [6, 6.07) is 7.75. The van der Waals surface area contributed by atoms with Crippen LogP contribution in [0.25, 0.3) is 16.9 Å². The number of nitrogens with two attached hydrogens (primary N) is 1. The van der Waals surface area contributed by atoms with Gasteiger partial charge in [0, 0.05) is 12.0 Å². The molecule has 0 atom stereocenters. The first-order valence-corrected chi connectivity index (χ1v) is 6.14. The summed E-state index contributed by atoms with van der Waals surface area (Å²) >= 11 is 0. The second-order valence-corrected chi connectivity index (χ2v) is 4.32. The van der Waals surface area contributed by atoms with Gasteiger partial charge in [-0.1, -0.05) is 24.3 Å². The predicted octanol–water partition coefficient (Wildman–Crippen LogP) is 1.66. The number of nitrogen functional groups attached to an aromatic ring is 1. The molecule has 0 aliphatic rings. The van der Waals surface area contributed by atoms with Crippen molar-refractivity contribution in [2.24, 2.45) is 0 Å². The summed E-state index contributed by atoms with van der Waals surface area (Å²) in [5, 5.41) is 8.30. The molecule has 2 N–H and O–H groups in total. The Bertz CT molecular complexity index is 746. The van der Waals surface area contributed by atoms with Crippen molar-refractivity contribution in [3.8, 4) is 5.82 Å². The number of para-hydroxylation sites is 1. The van der Waals surface area contributed by atoms with Crippen molar-refractivity contribution in [1.82, 2.24) is 25.0 Å². The molecule has 2 heterocycles. The Hall–Kier alpha value is -2.50. The Balaban J connectivity index is 2.29. The maximum Gasteiger partial charge on any atom is 0.164 e. The Morgan fingerprint density at radius 1 is 1.21 bits per heavy atom. The van der Waals surface area contributed by atoms with Crippen LogP contribution in [-0.4, -0.2) is 25.0 Å². The Labute approximate surface area is 110 Å². The van der Waals surface area contributed by atoms with Crippen molar-refractivity contribution < 1.29 is 0 Å². The molecule has 0 aliphatic heterocycles. The van der Waals surface area contributed by atoms with Gasteiger partial charge in [0.05, 0.1) is 5.52 Å². The first kappa shape index (κ1) is 11.6. The Morgan fingerprint density at radius 2 is 2.00 bits per heavy atom. The quantitative estimate of drug-likeness (QED) is 0.752. The molecule has 0 unspecified atom stereocenters. The van der Waals surface area contributed by atoms with Gasteiger partial charge in [0.25, 0.3) is 0 Å². The van der Waals surface area contributed by atoms with Crippen molar-refractivity contribution in [1.29, 1.82) is 0 Å². The molecule has 0 amide bonds. The van der Waals surface area contributed by atoms with Gasteiger partial charge in [0.1, 0.15) is 17.2 Å². The van der Waals surface area contributed by atoms with Crippen molar-refractivity contribution >= 4 is 16.9 Å². The van der Waals surface area contributed by atoms with Crippen molar-refractivity contribution in [2.75, 3.05) is 5.73 Å². The van der Waals surface area contributed by atoms with Crippen LogP contribution >= 0.6 is 0 Å². The molecule has 0 fully saturated rings. The van der Waals surface area contributed by atoms with E-state index in [0.717, 1.165) is 23.0 Å². The van der Waals surface area contributed by atoms with E-state index in [0.29, 0.717) is 17.5 Å². The van der Waals surface area contributed by atoms with Gasteiger partial charge in [-0.25, -0.2) is 9.97 Å². The lowest BCUT2D eigenvalue weighted by atomic mass is 10.2. The molecule has 0 saturated carbocycles. The summed E-state index contributed by atoms with van der Waals surface area (Å²) in [4.78, 5) is 8.76. The summed E-state index contributed by atoms with van der Waals surface area (Å²) in [6.07, 6.45) is 0.726. The van der Waals surface area contributed by atoms with Crippen LogP contribution in [0.2, 0.25) is 0 Å². The molecule has 6 nitrogen and oxygen atoms in total. The van der Waals surface area contributed by atoms with Gasteiger partial charge in [-0.05, 0) is 19.1 Å². The highest BCUT2D eigenvalue weighted by Gasteiger charge is 2.13. The lowest BCUT2D eigenvalue weighted by molar-refractivity contribution is 0.776. The first-order valence-electron chi connectivity index (χ1n) is 6.14. The molecule has 2 aromatic heterocycles. The number of aryl methyl sites for hydroxylation is 1. The minimum atomic E-state index is 0.487. The van der Waals surface area contributed by atoms with E-state index in [1.807, 2.05) is 38.1 Å². The molecular formula is C13H14N6. The molecule has 0 spiro atoms. The smallest absolute Gasteiger partial charge is 0.164 e. The second kappa shape index (κ2) is 4.31. The lowest BCUT2D eigenvalue weighted by Crippen LogP contribution is -2.10. The van der Waals surface area contributed by atoms with E-state index in [1.165, 1.54) is 0 Å². The topological polar surface area (TPSA) is 82.5 Å². The maximum absolute atomic E-state index is 5.93. The monoisotopic (exact) mass is 254 g/mol. The summed E-state index contributed by atoms with van der Waals surface area (Å²) in [6.45, 7) is 3.88. The van der Waals surface area contributed by atoms with E-state index in [4.69, 9.17) is 5.73 Å². The minimum absolute atomic E-state index is 0.487. The molecule has 96 valence electrons. The van der Waals surface area contributed by atoms with Crippen LogP contribution < -0.4 is 5.73 Å². The molecule has 1 aromatic carbocycles. The summed E-state index contributed by atoms with van der Waals surface area (Å²) in [5.74, 6) is 1.89. The molecule has 0 saturated heterocycles. The summed E-state index contributed by atoms with van der Waals surface area (Å²) < 4.78 is 1.71. The van der Waals surface area contributed by atoms with Crippen LogP contribution in [0.5, 0.6) is 0 Å².